The number of hydrogen-bond acceptors (Lipinski definition) is 4. The highest BCUT2D eigenvalue weighted by atomic mass is 32.1. The van der Waals surface area contributed by atoms with Gasteiger partial charge in [-0.05, 0) is 61.5 Å². The summed E-state index contributed by atoms with van der Waals surface area (Å²) in [4.78, 5) is 41.3. The number of hydrogen-bond donors (Lipinski definition) is 0. The number of amides is 1. The molecular weight excluding hydrogens is 422 g/mol. The van der Waals surface area contributed by atoms with E-state index < -0.39 is 0 Å². The molecule has 1 aliphatic carbocycles. The van der Waals surface area contributed by atoms with Crippen LogP contribution in [0.5, 0.6) is 0 Å². The first-order valence-electron chi connectivity index (χ1n) is 11.7. The van der Waals surface area contributed by atoms with Crippen LogP contribution in [-0.4, -0.2) is 33.0 Å². The molecule has 7 heteroatoms. The summed E-state index contributed by atoms with van der Waals surface area (Å²) in [6.45, 7) is 2.68. The molecule has 0 atom stereocenters. The molecule has 1 aromatic carbocycles. The minimum Gasteiger partial charge on any atom is -0.342 e. The second kappa shape index (κ2) is 9.06. The highest BCUT2D eigenvalue weighted by Crippen LogP contribution is 2.31. The number of thiophene rings is 1. The maximum Gasteiger partial charge on any atom is 0.331 e. The van der Waals surface area contributed by atoms with Crippen LogP contribution in [0.1, 0.15) is 44.1 Å². The second-order valence-electron chi connectivity index (χ2n) is 9.16. The summed E-state index contributed by atoms with van der Waals surface area (Å²) >= 11 is 1.40. The zero-order valence-electron chi connectivity index (χ0n) is 18.2. The first-order valence-corrected chi connectivity index (χ1v) is 12.5. The molecule has 1 aliphatic heterocycles. The smallest absolute Gasteiger partial charge is 0.331 e. The molecule has 5 rings (SSSR count). The van der Waals surface area contributed by atoms with Crippen LogP contribution in [0.4, 0.5) is 0 Å². The molecular formula is C25H29N3O3S. The van der Waals surface area contributed by atoms with E-state index in [1.807, 2.05) is 46.7 Å². The molecule has 0 N–H and O–H groups in total. The first kappa shape index (κ1) is 21.2. The van der Waals surface area contributed by atoms with Crippen LogP contribution in [0.25, 0.3) is 10.2 Å². The average Bonchev–Trinajstić information content (AvgIpc) is 3.53. The lowest BCUT2D eigenvalue weighted by Crippen LogP contribution is -2.42. The molecule has 168 valence electrons. The van der Waals surface area contributed by atoms with Crippen LogP contribution in [0.3, 0.4) is 0 Å². The quantitative estimate of drug-likeness (QED) is 0.594. The van der Waals surface area contributed by atoms with Gasteiger partial charge in [0, 0.05) is 25.6 Å². The summed E-state index contributed by atoms with van der Waals surface area (Å²) in [6.07, 6.45) is 5.71. The fourth-order valence-electron chi connectivity index (χ4n) is 5.26. The van der Waals surface area contributed by atoms with Crippen molar-refractivity contribution in [3.63, 3.8) is 0 Å². The summed E-state index contributed by atoms with van der Waals surface area (Å²) in [5.74, 6) is 0.671. The van der Waals surface area contributed by atoms with E-state index in [-0.39, 0.29) is 23.1 Å². The van der Waals surface area contributed by atoms with Gasteiger partial charge in [-0.2, -0.15) is 0 Å². The molecule has 2 aliphatic rings. The van der Waals surface area contributed by atoms with Crippen LogP contribution in [-0.2, 0) is 17.9 Å². The van der Waals surface area contributed by atoms with Crippen molar-refractivity contribution in [3.8, 4) is 0 Å². The SMILES string of the molecule is O=C(C1CCC(Cn2c(=O)c3sccc3n(Cc3ccccc3)c2=O)CC1)N1CCCC1. The summed E-state index contributed by atoms with van der Waals surface area (Å²) in [5, 5.41) is 1.88. The third kappa shape index (κ3) is 4.06. The average molecular weight is 452 g/mol. The van der Waals surface area contributed by atoms with Crippen molar-refractivity contribution in [1.29, 1.82) is 0 Å². The molecule has 1 saturated heterocycles. The highest BCUT2D eigenvalue weighted by Gasteiger charge is 2.31. The van der Waals surface area contributed by atoms with Crippen molar-refractivity contribution in [3.05, 3.63) is 68.2 Å². The highest BCUT2D eigenvalue weighted by molar-refractivity contribution is 7.17. The zero-order chi connectivity index (χ0) is 22.1. The Morgan fingerprint density at radius 2 is 1.66 bits per heavy atom. The topological polar surface area (TPSA) is 64.3 Å². The van der Waals surface area contributed by atoms with Gasteiger partial charge in [0.15, 0.2) is 0 Å². The maximum atomic E-state index is 13.4. The molecule has 0 bridgehead atoms. The lowest BCUT2D eigenvalue weighted by Gasteiger charge is -2.30. The van der Waals surface area contributed by atoms with E-state index in [4.69, 9.17) is 0 Å². The van der Waals surface area contributed by atoms with Crippen LogP contribution in [0.15, 0.2) is 51.4 Å². The lowest BCUT2D eigenvalue weighted by molar-refractivity contribution is -0.135. The molecule has 2 fully saturated rings. The van der Waals surface area contributed by atoms with E-state index in [0.29, 0.717) is 29.2 Å². The summed E-state index contributed by atoms with van der Waals surface area (Å²) in [5.41, 5.74) is 1.33. The molecule has 0 spiro atoms. The number of rotatable bonds is 5. The Morgan fingerprint density at radius 3 is 2.38 bits per heavy atom. The number of aromatic nitrogens is 2. The van der Waals surface area contributed by atoms with Crippen molar-refractivity contribution in [2.45, 2.75) is 51.6 Å². The van der Waals surface area contributed by atoms with Gasteiger partial charge in [0.2, 0.25) is 5.91 Å². The molecule has 2 aromatic heterocycles. The molecule has 6 nitrogen and oxygen atoms in total. The predicted molar refractivity (Wildman–Crippen MR) is 127 cm³/mol. The van der Waals surface area contributed by atoms with E-state index in [1.54, 1.807) is 4.57 Å². The number of benzene rings is 1. The number of nitrogens with zero attached hydrogens (tertiary/aromatic N) is 3. The Hall–Kier alpha value is -2.67. The first-order chi connectivity index (χ1) is 15.6. The summed E-state index contributed by atoms with van der Waals surface area (Å²) in [7, 11) is 0. The van der Waals surface area contributed by atoms with Gasteiger partial charge < -0.3 is 4.90 Å². The van der Waals surface area contributed by atoms with E-state index >= 15 is 0 Å². The van der Waals surface area contributed by atoms with Crippen LogP contribution < -0.4 is 11.2 Å². The van der Waals surface area contributed by atoms with Gasteiger partial charge in [-0.1, -0.05) is 30.3 Å². The van der Waals surface area contributed by atoms with Gasteiger partial charge in [0.1, 0.15) is 4.70 Å². The molecule has 32 heavy (non-hydrogen) atoms. The minimum atomic E-state index is -0.236. The molecule has 0 radical (unpaired) electrons. The third-order valence-electron chi connectivity index (χ3n) is 7.07. The predicted octanol–water partition coefficient (Wildman–Crippen LogP) is 3.70. The molecule has 3 heterocycles. The Kier molecular flexibility index (Phi) is 6.00. The van der Waals surface area contributed by atoms with Gasteiger partial charge in [0.25, 0.3) is 5.56 Å². The van der Waals surface area contributed by atoms with Gasteiger partial charge in [-0.3, -0.25) is 18.7 Å². The van der Waals surface area contributed by atoms with Crippen molar-refractivity contribution in [1.82, 2.24) is 14.0 Å². The Morgan fingerprint density at radius 1 is 0.938 bits per heavy atom. The summed E-state index contributed by atoms with van der Waals surface area (Å²) in [6, 6.07) is 11.7. The van der Waals surface area contributed by atoms with Crippen molar-refractivity contribution in [2.24, 2.45) is 11.8 Å². The van der Waals surface area contributed by atoms with E-state index in [1.165, 1.54) is 15.9 Å². The molecule has 1 amide bonds. The van der Waals surface area contributed by atoms with Crippen LogP contribution in [0.2, 0.25) is 0 Å². The van der Waals surface area contributed by atoms with Gasteiger partial charge in [0.05, 0.1) is 12.1 Å². The minimum absolute atomic E-state index is 0.107. The standard InChI is InChI=1S/C25H29N3O3S/c29-23(26-13-4-5-14-26)20-10-8-19(9-11-20)17-28-24(30)22-21(12-15-32-22)27(25(28)31)16-18-6-2-1-3-7-18/h1-3,6-7,12,15,19-20H,4-5,8-11,13-14,16-17H2. The Bertz CT molecular complexity index is 1210. The summed E-state index contributed by atoms with van der Waals surface area (Å²) < 4.78 is 3.80. The molecule has 3 aromatic rings. The third-order valence-corrected chi connectivity index (χ3v) is 7.97. The number of carbonyl (C=O) groups is 1. The number of carbonyl (C=O) groups excluding carboxylic acids is 1. The van der Waals surface area contributed by atoms with Crippen LogP contribution >= 0.6 is 11.3 Å². The monoisotopic (exact) mass is 451 g/mol. The van der Waals surface area contributed by atoms with Crippen LogP contribution in [0, 0.1) is 11.8 Å². The van der Waals surface area contributed by atoms with E-state index in [9.17, 15) is 14.4 Å². The van der Waals surface area contributed by atoms with Crippen molar-refractivity contribution >= 4 is 27.5 Å². The molecule has 0 unspecified atom stereocenters. The fourth-order valence-corrected chi connectivity index (χ4v) is 6.10. The van der Waals surface area contributed by atoms with Gasteiger partial charge >= 0.3 is 5.69 Å². The van der Waals surface area contributed by atoms with Gasteiger partial charge in [-0.25, -0.2) is 4.79 Å². The lowest BCUT2D eigenvalue weighted by atomic mass is 9.81. The number of fused-ring (bicyclic) bond motifs is 1. The number of likely N-dealkylation sites (tertiary alicyclic amines) is 1. The fraction of sp³-hybridized carbons (Fsp3) is 0.480. The molecule has 1 saturated carbocycles. The van der Waals surface area contributed by atoms with Crippen molar-refractivity contribution < 1.29 is 4.79 Å². The maximum absolute atomic E-state index is 13.4. The Labute approximate surface area is 191 Å². The Balaban J connectivity index is 1.36. The zero-order valence-corrected chi connectivity index (χ0v) is 19.1. The normalized spacial score (nSPS) is 21.3. The largest absolute Gasteiger partial charge is 0.342 e. The van der Waals surface area contributed by atoms with Crippen molar-refractivity contribution in [2.75, 3.05) is 13.1 Å². The van der Waals surface area contributed by atoms with E-state index in [0.717, 1.165) is 57.2 Å². The van der Waals surface area contributed by atoms with E-state index in [2.05, 4.69) is 0 Å². The second-order valence-corrected chi connectivity index (χ2v) is 10.1. The van der Waals surface area contributed by atoms with Gasteiger partial charge in [-0.15, -0.1) is 11.3 Å².